The highest BCUT2D eigenvalue weighted by Crippen LogP contribution is 2.33. The lowest BCUT2D eigenvalue weighted by molar-refractivity contribution is -0.384. The van der Waals surface area contributed by atoms with Gasteiger partial charge in [0.25, 0.3) is 5.69 Å². The molecule has 0 radical (unpaired) electrons. The number of aryl methyl sites for hydroxylation is 1. The standard InChI is InChI=1S/C14H17N3O3/c1-4-15-10(3)14-16-8-12(20-14)13-9(2)6-5-7-11(13)17(18)19/h5-8,10,15H,4H2,1-3H3. The number of hydrogen-bond donors (Lipinski definition) is 1. The minimum Gasteiger partial charge on any atom is -0.439 e. The van der Waals surface area contributed by atoms with Gasteiger partial charge >= 0.3 is 0 Å². The predicted molar refractivity (Wildman–Crippen MR) is 75.4 cm³/mol. The van der Waals surface area contributed by atoms with E-state index in [9.17, 15) is 10.1 Å². The molecule has 0 spiro atoms. The maximum atomic E-state index is 11.1. The molecule has 1 unspecified atom stereocenters. The van der Waals surface area contributed by atoms with Gasteiger partial charge in [-0.15, -0.1) is 0 Å². The third-order valence-corrected chi connectivity index (χ3v) is 3.10. The maximum absolute atomic E-state index is 11.1. The summed E-state index contributed by atoms with van der Waals surface area (Å²) in [7, 11) is 0. The predicted octanol–water partition coefficient (Wildman–Crippen LogP) is 3.23. The molecule has 0 aliphatic heterocycles. The van der Waals surface area contributed by atoms with Crippen LogP contribution in [-0.2, 0) is 0 Å². The second kappa shape index (κ2) is 5.83. The van der Waals surface area contributed by atoms with Crippen LogP contribution in [0, 0.1) is 17.0 Å². The lowest BCUT2D eigenvalue weighted by Gasteiger charge is -2.07. The number of nitrogens with one attached hydrogen (secondary N) is 1. The average Bonchev–Trinajstić information content (AvgIpc) is 2.88. The molecule has 0 saturated heterocycles. The second-order valence-electron chi connectivity index (χ2n) is 4.57. The van der Waals surface area contributed by atoms with E-state index >= 15 is 0 Å². The van der Waals surface area contributed by atoms with Gasteiger partial charge in [-0.25, -0.2) is 4.98 Å². The zero-order valence-corrected chi connectivity index (χ0v) is 11.7. The van der Waals surface area contributed by atoms with Crippen molar-refractivity contribution < 1.29 is 9.34 Å². The molecule has 6 nitrogen and oxygen atoms in total. The highest BCUT2D eigenvalue weighted by Gasteiger charge is 2.21. The largest absolute Gasteiger partial charge is 0.439 e. The van der Waals surface area contributed by atoms with Gasteiger partial charge in [-0.1, -0.05) is 19.1 Å². The molecule has 0 saturated carbocycles. The quantitative estimate of drug-likeness (QED) is 0.669. The van der Waals surface area contributed by atoms with Gasteiger partial charge in [-0.05, 0) is 26.0 Å². The van der Waals surface area contributed by atoms with Gasteiger partial charge in [0.05, 0.1) is 22.7 Å². The molecule has 1 aromatic carbocycles. The van der Waals surface area contributed by atoms with Crippen molar-refractivity contribution in [3.8, 4) is 11.3 Å². The van der Waals surface area contributed by atoms with Gasteiger partial charge in [0, 0.05) is 6.07 Å². The molecule has 1 atom stereocenters. The average molecular weight is 275 g/mol. The van der Waals surface area contributed by atoms with E-state index in [4.69, 9.17) is 4.42 Å². The molecule has 1 heterocycles. The Kier molecular flexibility index (Phi) is 4.14. The Morgan fingerprint density at radius 3 is 2.90 bits per heavy atom. The van der Waals surface area contributed by atoms with Crippen molar-refractivity contribution in [2.24, 2.45) is 0 Å². The summed E-state index contributed by atoms with van der Waals surface area (Å²) in [6.07, 6.45) is 1.54. The molecule has 1 N–H and O–H groups in total. The number of nitro benzene ring substituents is 1. The van der Waals surface area contributed by atoms with Crippen LogP contribution in [0.25, 0.3) is 11.3 Å². The van der Waals surface area contributed by atoms with Gasteiger partial charge in [-0.3, -0.25) is 10.1 Å². The Labute approximate surface area is 117 Å². The third kappa shape index (κ3) is 2.70. The van der Waals surface area contributed by atoms with Crippen LogP contribution in [0.1, 0.15) is 31.3 Å². The molecule has 20 heavy (non-hydrogen) atoms. The number of benzene rings is 1. The molecule has 1 aromatic heterocycles. The Hall–Kier alpha value is -2.21. The summed E-state index contributed by atoms with van der Waals surface area (Å²) < 4.78 is 5.68. The number of hydrogen-bond acceptors (Lipinski definition) is 5. The zero-order chi connectivity index (χ0) is 14.7. The molecule has 0 aliphatic rings. The number of nitro groups is 1. The molecule has 2 aromatic rings. The highest BCUT2D eigenvalue weighted by atomic mass is 16.6. The van der Waals surface area contributed by atoms with E-state index in [1.165, 1.54) is 6.07 Å². The highest BCUT2D eigenvalue weighted by molar-refractivity contribution is 5.72. The smallest absolute Gasteiger partial charge is 0.280 e. The number of oxazole rings is 1. The topological polar surface area (TPSA) is 81.2 Å². The molecule has 0 fully saturated rings. The minimum atomic E-state index is -0.405. The first-order valence-electron chi connectivity index (χ1n) is 6.48. The van der Waals surface area contributed by atoms with E-state index in [-0.39, 0.29) is 11.7 Å². The first-order chi connectivity index (χ1) is 9.54. The van der Waals surface area contributed by atoms with Crippen LogP contribution in [0.2, 0.25) is 0 Å². The lowest BCUT2D eigenvalue weighted by atomic mass is 10.1. The van der Waals surface area contributed by atoms with Crippen LogP contribution in [0.15, 0.2) is 28.8 Å². The fourth-order valence-corrected chi connectivity index (χ4v) is 2.12. The fraction of sp³-hybridized carbons (Fsp3) is 0.357. The van der Waals surface area contributed by atoms with Crippen molar-refractivity contribution in [3.05, 3.63) is 46.0 Å². The van der Waals surface area contributed by atoms with Crippen LogP contribution in [0.5, 0.6) is 0 Å². The van der Waals surface area contributed by atoms with Gasteiger partial charge < -0.3 is 9.73 Å². The molecule has 6 heteroatoms. The summed E-state index contributed by atoms with van der Waals surface area (Å²) in [5, 5.41) is 14.3. The SMILES string of the molecule is CCNC(C)c1ncc(-c2c(C)cccc2[N+](=O)[O-])o1. The summed E-state index contributed by atoms with van der Waals surface area (Å²) in [6, 6.07) is 4.92. The van der Waals surface area contributed by atoms with Crippen molar-refractivity contribution in [3.63, 3.8) is 0 Å². The molecule has 0 aliphatic carbocycles. The fourth-order valence-electron chi connectivity index (χ4n) is 2.12. The van der Waals surface area contributed by atoms with E-state index in [1.807, 2.05) is 26.8 Å². The first-order valence-corrected chi connectivity index (χ1v) is 6.48. The molecule has 0 amide bonds. The Morgan fingerprint density at radius 2 is 2.25 bits per heavy atom. The van der Waals surface area contributed by atoms with Gasteiger partial charge in [0.15, 0.2) is 5.76 Å². The maximum Gasteiger partial charge on any atom is 0.280 e. The van der Waals surface area contributed by atoms with Crippen molar-refractivity contribution in [2.45, 2.75) is 26.8 Å². The van der Waals surface area contributed by atoms with Gasteiger partial charge in [-0.2, -0.15) is 0 Å². The van der Waals surface area contributed by atoms with Crippen LogP contribution in [-0.4, -0.2) is 16.5 Å². The Morgan fingerprint density at radius 1 is 1.50 bits per heavy atom. The van der Waals surface area contributed by atoms with Crippen LogP contribution < -0.4 is 5.32 Å². The summed E-state index contributed by atoms with van der Waals surface area (Å²) in [5.41, 5.74) is 1.31. The molecule has 2 rings (SSSR count). The number of nitrogens with zero attached hydrogens (tertiary/aromatic N) is 2. The van der Waals surface area contributed by atoms with E-state index in [0.29, 0.717) is 17.2 Å². The van der Waals surface area contributed by atoms with E-state index < -0.39 is 4.92 Å². The molecular weight excluding hydrogens is 258 g/mol. The van der Waals surface area contributed by atoms with Crippen molar-refractivity contribution >= 4 is 5.69 Å². The van der Waals surface area contributed by atoms with Crippen molar-refractivity contribution in [1.29, 1.82) is 0 Å². The van der Waals surface area contributed by atoms with Crippen molar-refractivity contribution in [1.82, 2.24) is 10.3 Å². The first kappa shape index (κ1) is 14.2. The summed E-state index contributed by atoms with van der Waals surface area (Å²) in [6.45, 7) is 6.54. The summed E-state index contributed by atoms with van der Waals surface area (Å²) in [4.78, 5) is 14.9. The van der Waals surface area contributed by atoms with E-state index in [2.05, 4.69) is 10.3 Å². The van der Waals surface area contributed by atoms with E-state index in [0.717, 1.165) is 12.1 Å². The van der Waals surface area contributed by atoms with Gasteiger partial charge in [0.2, 0.25) is 5.89 Å². The minimum absolute atomic E-state index is 0.0307. The Balaban J connectivity index is 2.45. The molecule has 106 valence electrons. The summed E-state index contributed by atoms with van der Waals surface area (Å²) >= 11 is 0. The summed E-state index contributed by atoms with van der Waals surface area (Å²) in [5.74, 6) is 0.953. The second-order valence-corrected chi connectivity index (χ2v) is 4.57. The van der Waals surface area contributed by atoms with Crippen molar-refractivity contribution in [2.75, 3.05) is 6.54 Å². The number of aromatic nitrogens is 1. The van der Waals surface area contributed by atoms with Crippen LogP contribution in [0.3, 0.4) is 0 Å². The molecular formula is C14H17N3O3. The zero-order valence-electron chi connectivity index (χ0n) is 11.7. The van der Waals surface area contributed by atoms with E-state index in [1.54, 1.807) is 12.3 Å². The van der Waals surface area contributed by atoms with Crippen LogP contribution >= 0.6 is 0 Å². The third-order valence-electron chi connectivity index (χ3n) is 3.10. The normalized spacial score (nSPS) is 12.3. The Bertz CT molecular complexity index is 622. The number of rotatable bonds is 5. The van der Waals surface area contributed by atoms with Gasteiger partial charge in [0.1, 0.15) is 0 Å². The lowest BCUT2D eigenvalue weighted by Crippen LogP contribution is -2.17. The van der Waals surface area contributed by atoms with Crippen LogP contribution in [0.4, 0.5) is 5.69 Å². The monoisotopic (exact) mass is 275 g/mol. The molecule has 0 bridgehead atoms.